The van der Waals surface area contributed by atoms with E-state index in [1.54, 1.807) is 7.11 Å². The van der Waals surface area contributed by atoms with Crippen LogP contribution in [0.4, 0.5) is 0 Å². The first-order valence-electron chi connectivity index (χ1n) is 4.71. The summed E-state index contributed by atoms with van der Waals surface area (Å²) in [5, 5.41) is 7.17. The fraction of sp³-hybridized carbons (Fsp3) is 0.889. The van der Waals surface area contributed by atoms with Crippen LogP contribution >= 0.6 is 12.2 Å². The molecule has 0 saturated heterocycles. The molecule has 1 rings (SSSR count). The lowest BCUT2D eigenvalue weighted by Gasteiger charge is -2.35. The van der Waals surface area contributed by atoms with Gasteiger partial charge < -0.3 is 15.4 Å². The van der Waals surface area contributed by atoms with Crippen molar-refractivity contribution in [1.29, 1.82) is 0 Å². The Hall–Kier alpha value is -0.350. The minimum absolute atomic E-state index is 0.401. The van der Waals surface area contributed by atoms with Gasteiger partial charge in [0, 0.05) is 19.2 Å². The number of thiocarbonyl (C=S) groups is 1. The van der Waals surface area contributed by atoms with E-state index in [-0.39, 0.29) is 0 Å². The first-order chi connectivity index (χ1) is 6.11. The van der Waals surface area contributed by atoms with Gasteiger partial charge in [-0.05, 0) is 38.9 Å². The van der Waals surface area contributed by atoms with Gasteiger partial charge in [-0.3, -0.25) is 0 Å². The van der Waals surface area contributed by atoms with Crippen molar-refractivity contribution in [2.45, 2.75) is 44.9 Å². The first-order valence-corrected chi connectivity index (χ1v) is 5.12. The van der Waals surface area contributed by atoms with Crippen molar-refractivity contribution in [2.75, 3.05) is 7.11 Å². The van der Waals surface area contributed by atoms with Gasteiger partial charge in [0.2, 0.25) is 0 Å². The summed E-state index contributed by atoms with van der Waals surface area (Å²) in [6, 6.07) is 0.905. The Bertz CT molecular complexity index is 178. The predicted octanol–water partition coefficient (Wildman–Crippen LogP) is 1.04. The summed E-state index contributed by atoms with van der Waals surface area (Å²) in [6.07, 6.45) is 2.56. The lowest BCUT2D eigenvalue weighted by Crippen LogP contribution is -2.51. The van der Waals surface area contributed by atoms with Crippen LogP contribution in [0, 0.1) is 0 Å². The molecule has 0 bridgehead atoms. The van der Waals surface area contributed by atoms with Gasteiger partial charge in [0.05, 0.1) is 6.10 Å². The fourth-order valence-electron chi connectivity index (χ4n) is 1.37. The van der Waals surface area contributed by atoms with Crippen LogP contribution in [-0.4, -0.2) is 30.4 Å². The maximum absolute atomic E-state index is 5.18. The summed E-state index contributed by atoms with van der Waals surface area (Å²) in [5.41, 5.74) is 0. The van der Waals surface area contributed by atoms with E-state index in [1.165, 1.54) is 0 Å². The zero-order valence-corrected chi connectivity index (χ0v) is 9.28. The Morgan fingerprint density at radius 1 is 1.46 bits per heavy atom. The number of ether oxygens (including phenoxy) is 1. The molecule has 0 amide bonds. The Balaban J connectivity index is 2.09. The maximum Gasteiger partial charge on any atom is 0.166 e. The molecule has 0 atom stereocenters. The standard InChI is InChI=1S/C9H18N2OS/c1-6(2)10-9(13)11-7-4-8(5-7)12-3/h6-8H,4-5H2,1-3H3,(H2,10,11,13). The number of methoxy groups -OCH3 is 1. The van der Waals surface area contributed by atoms with Gasteiger partial charge in [-0.25, -0.2) is 0 Å². The maximum atomic E-state index is 5.18. The van der Waals surface area contributed by atoms with E-state index in [0.29, 0.717) is 18.2 Å². The van der Waals surface area contributed by atoms with Gasteiger partial charge >= 0.3 is 0 Å². The lowest BCUT2D eigenvalue weighted by atomic mass is 9.89. The molecular formula is C9H18N2OS. The number of nitrogens with one attached hydrogen (secondary N) is 2. The Labute approximate surface area is 85.2 Å². The van der Waals surface area contributed by atoms with Crippen LogP contribution in [0.3, 0.4) is 0 Å². The van der Waals surface area contributed by atoms with Crippen LogP contribution in [0.25, 0.3) is 0 Å². The second-order valence-electron chi connectivity index (χ2n) is 3.80. The van der Waals surface area contributed by atoms with Gasteiger partial charge in [-0.2, -0.15) is 0 Å². The van der Waals surface area contributed by atoms with E-state index in [2.05, 4.69) is 24.5 Å². The molecule has 0 aliphatic heterocycles. The SMILES string of the molecule is COC1CC(NC(=S)NC(C)C)C1. The topological polar surface area (TPSA) is 33.3 Å². The summed E-state index contributed by atoms with van der Waals surface area (Å²) < 4.78 is 5.18. The summed E-state index contributed by atoms with van der Waals surface area (Å²) in [7, 11) is 1.76. The van der Waals surface area contributed by atoms with Crippen LogP contribution in [-0.2, 0) is 4.74 Å². The summed E-state index contributed by atoms with van der Waals surface area (Å²) in [6.45, 7) is 4.15. The smallest absolute Gasteiger partial charge is 0.166 e. The predicted molar refractivity (Wildman–Crippen MR) is 57.8 cm³/mol. The van der Waals surface area contributed by atoms with Crippen LogP contribution in [0.1, 0.15) is 26.7 Å². The lowest BCUT2D eigenvalue weighted by molar-refractivity contribution is 0.0225. The molecule has 1 fully saturated rings. The number of hydrogen-bond donors (Lipinski definition) is 2. The highest BCUT2D eigenvalue weighted by atomic mass is 32.1. The molecule has 13 heavy (non-hydrogen) atoms. The second-order valence-corrected chi connectivity index (χ2v) is 4.21. The molecule has 0 aromatic carbocycles. The third-order valence-electron chi connectivity index (χ3n) is 2.18. The minimum atomic E-state index is 0.401. The van der Waals surface area contributed by atoms with Crippen LogP contribution in [0.5, 0.6) is 0 Å². The Kier molecular flexibility index (Phi) is 3.93. The van der Waals surface area contributed by atoms with Crippen molar-refractivity contribution < 1.29 is 4.74 Å². The highest BCUT2D eigenvalue weighted by Crippen LogP contribution is 2.22. The molecular weight excluding hydrogens is 184 g/mol. The van der Waals surface area contributed by atoms with Gasteiger partial charge in [-0.1, -0.05) is 0 Å². The average Bonchev–Trinajstić information content (AvgIpc) is 1.94. The van der Waals surface area contributed by atoms with Crippen molar-refractivity contribution in [3.8, 4) is 0 Å². The molecule has 1 aliphatic rings. The third-order valence-corrected chi connectivity index (χ3v) is 2.42. The largest absolute Gasteiger partial charge is 0.381 e. The van der Waals surface area contributed by atoms with Gasteiger partial charge in [0.15, 0.2) is 5.11 Å². The first kappa shape index (κ1) is 10.7. The van der Waals surface area contributed by atoms with Gasteiger partial charge in [0.1, 0.15) is 0 Å². The quantitative estimate of drug-likeness (QED) is 0.670. The van der Waals surface area contributed by atoms with Crippen LogP contribution in [0.15, 0.2) is 0 Å². The highest BCUT2D eigenvalue weighted by Gasteiger charge is 2.29. The van der Waals surface area contributed by atoms with Crippen molar-refractivity contribution in [3.63, 3.8) is 0 Å². The van der Waals surface area contributed by atoms with E-state index in [1.807, 2.05) is 0 Å². The summed E-state index contributed by atoms with van der Waals surface area (Å²) >= 11 is 5.12. The third kappa shape index (κ3) is 3.48. The summed E-state index contributed by atoms with van der Waals surface area (Å²) in [5.74, 6) is 0. The van der Waals surface area contributed by atoms with Crippen molar-refractivity contribution >= 4 is 17.3 Å². The molecule has 0 radical (unpaired) electrons. The molecule has 2 N–H and O–H groups in total. The Morgan fingerprint density at radius 2 is 2.08 bits per heavy atom. The molecule has 0 heterocycles. The fourth-order valence-corrected chi connectivity index (χ4v) is 1.77. The molecule has 1 aliphatic carbocycles. The Morgan fingerprint density at radius 3 is 2.54 bits per heavy atom. The molecule has 0 aromatic rings. The molecule has 0 unspecified atom stereocenters. The molecule has 3 nitrogen and oxygen atoms in total. The van der Waals surface area contributed by atoms with E-state index in [0.717, 1.165) is 18.0 Å². The number of rotatable bonds is 3. The van der Waals surface area contributed by atoms with Crippen LogP contribution < -0.4 is 10.6 Å². The van der Waals surface area contributed by atoms with E-state index in [9.17, 15) is 0 Å². The van der Waals surface area contributed by atoms with E-state index in [4.69, 9.17) is 17.0 Å². The van der Waals surface area contributed by atoms with Crippen LogP contribution in [0.2, 0.25) is 0 Å². The van der Waals surface area contributed by atoms with Gasteiger partial charge in [0.25, 0.3) is 0 Å². The van der Waals surface area contributed by atoms with E-state index < -0.39 is 0 Å². The summed E-state index contributed by atoms with van der Waals surface area (Å²) in [4.78, 5) is 0. The number of hydrogen-bond acceptors (Lipinski definition) is 2. The van der Waals surface area contributed by atoms with Crippen molar-refractivity contribution in [2.24, 2.45) is 0 Å². The molecule has 4 heteroatoms. The molecule has 0 spiro atoms. The van der Waals surface area contributed by atoms with Gasteiger partial charge in [-0.15, -0.1) is 0 Å². The highest BCUT2D eigenvalue weighted by molar-refractivity contribution is 7.80. The average molecular weight is 202 g/mol. The molecule has 76 valence electrons. The zero-order valence-electron chi connectivity index (χ0n) is 8.46. The normalized spacial score (nSPS) is 26.8. The molecule has 1 saturated carbocycles. The van der Waals surface area contributed by atoms with Crippen molar-refractivity contribution in [1.82, 2.24) is 10.6 Å². The second kappa shape index (κ2) is 4.77. The van der Waals surface area contributed by atoms with E-state index >= 15 is 0 Å². The zero-order chi connectivity index (χ0) is 9.84. The minimum Gasteiger partial charge on any atom is -0.381 e. The monoisotopic (exact) mass is 202 g/mol. The van der Waals surface area contributed by atoms with Crippen molar-refractivity contribution in [3.05, 3.63) is 0 Å². The molecule has 0 aromatic heterocycles.